The van der Waals surface area contributed by atoms with E-state index in [1.165, 1.54) is 24.0 Å². The van der Waals surface area contributed by atoms with E-state index in [4.69, 9.17) is 9.47 Å². The summed E-state index contributed by atoms with van der Waals surface area (Å²) in [6.07, 6.45) is 14.6. The van der Waals surface area contributed by atoms with Crippen LogP contribution in [0.4, 0.5) is 10.5 Å². The molecule has 1 saturated heterocycles. The lowest BCUT2D eigenvalue weighted by atomic mass is 9.78. The molecule has 2 heterocycles. The third-order valence-corrected chi connectivity index (χ3v) is 12.1. The molecule has 9 heteroatoms. The molecule has 4 aliphatic rings. The van der Waals surface area contributed by atoms with Crippen LogP contribution in [0.15, 0.2) is 54.9 Å². The molecule has 52 heavy (non-hydrogen) atoms. The van der Waals surface area contributed by atoms with Gasteiger partial charge in [-0.1, -0.05) is 24.3 Å². The summed E-state index contributed by atoms with van der Waals surface area (Å²) in [5, 5.41) is 4.65. The Kier molecular flexibility index (Phi) is 10.7. The zero-order chi connectivity index (χ0) is 36.6. The number of amides is 2. The minimum atomic E-state index is -0.496. The first-order chi connectivity index (χ1) is 25.0. The first-order valence-electron chi connectivity index (χ1n) is 19.8. The highest BCUT2D eigenvalue weighted by atomic mass is 16.6. The zero-order valence-electron chi connectivity index (χ0n) is 32.2. The highest BCUT2D eigenvalue weighted by molar-refractivity contribution is 5.95. The number of rotatable bonds is 10. The Morgan fingerprint density at radius 3 is 2.25 bits per heavy atom. The molecule has 280 valence electrons. The predicted octanol–water partition coefficient (Wildman–Crippen LogP) is 8.62. The molecular formula is C43H59N5O4. The summed E-state index contributed by atoms with van der Waals surface area (Å²) in [6, 6.07) is 16.4. The third-order valence-electron chi connectivity index (χ3n) is 12.1. The maximum atomic E-state index is 14.6. The zero-order valence-corrected chi connectivity index (χ0v) is 32.2. The van der Waals surface area contributed by atoms with Gasteiger partial charge in [0.15, 0.2) is 0 Å². The van der Waals surface area contributed by atoms with Crippen LogP contribution in [0.3, 0.4) is 0 Å². The molecule has 0 spiro atoms. The lowest BCUT2D eigenvalue weighted by Crippen LogP contribution is -2.63. The monoisotopic (exact) mass is 709 g/mol. The highest BCUT2D eigenvalue weighted by Gasteiger charge is 2.40. The number of carbonyl (C=O) groups excluding carboxylic acids is 2. The number of benzene rings is 2. The summed E-state index contributed by atoms with van der Waals surface area (Å²) < 4.78 is 13.2. The lowest BCUT2D eigenvalue weighted by molar-refractivity contribution is -0.124. The second-order valence-corrected chi connectivity index (χ2v) is 17.1. The molecule has 2 aromatic carbocycles. The fourth-order valence-electron chi connectivity index (χ4n) is 8.72. The molecule has 2 amide bonds. The predicted molar refractivity (Wildman–Crippen MR) is 206 cm³/mol. The first-order valence-corrected chi connectivity index (χ1v) is 19.8. The second-order valence-electron chi connectivity index (χ2n) is 17.1. The molecule has 1 aromatic heterocycles. The van der Waals surface area contributed by atoms with E-state index in [-0.39, 0.29) is 24.0 Å². The Labute approximate surface area is 310 Å². The maximum absolute atomic E-state index is 14.6. The van der Waals surface area contributed by atoms with E-state index in [0.717, 1.165) is 93.6 Å². The van der Waals surface area contributed by atoms with E-state index in [2.05, 4.69) is 75.2 Å². The van der Waals surface area contributed by atoms with Crippen LogP contribution in [0.25, 0.3) is 11.1 Å². The van der Waals surface area contributed by atoms with Gasteiger partial charge in [-0.25, -0.2) is 4.79 Å². The molecule has 3 saturated carbocycles. The molecular weight excluding hydrogens is 651 g/mol. The Morgan fingerprint density at radius 2 is 1.60 bits per heavy atom. The van der Waals surface area contributed by atoms with Crippen molar-refractivity contribution >= 4 is 17.7 Å². The van der Waals surface area contributed by atoms with Crippen molar-refractivity contribution in [2.45, 2.75) is 122 Å². The summed E-state index contributed by atoms with van der Waals surface area (Å²) in [4.78, 5) is 33.6. The number of hydrogen-bond donors (Lipinski definition) is 0. The van der Waals surface area contributed by atoms with Crippen LogP contribution in [-0.2, 0) is 9.53 Å². The van der Waals surface area contributed by atoms with Crippen molar-refractivity contribution in [3.05, 3.63) is 66.0 Å². The van der Waals surface area contributed by atoms with Crippen molar-refractivity contribution in [1.82, 2.24) is 19.6 Å². The van der Waals surface area contributed by atoms with Crippen LogP contribution >= 0.6 is 0 Å². The number of aryl methyl sites for hydroxylation is 1. The van der Waals surface area contributed by atoms with Gasteiger partial charge < -0.3 is 19.3 Å². The van der Waals surface area contributed by atoms with Gasteiger partial charge in [0, 0.05) is 56.1 Å². The van der Waals surface area contributed by atoms with Crippen molar-refractivity contribution < 1.29 is 19.1 Å². The molecule has 0 atom stereocenters. The molecule has 0 N–H and O–H groups in total. The van der Waals surface area contributed by atoms with Crippen molar-refractivity contribution in [2.24, 2.45) is 11.8 Å². The van der Waals surface area contributed by atoms with Crippen LogP contribution in [0.2, 0.25) is 0 Å². The fraction of sp³-hybridized carbons (Fsp3) is 0.605. The molecule has 4 fully saturated rings. The summed E-state index contributed by atoms with van der Waals surface area (Å²) in [7, 11) is 3.58. The van der Waals surface area contributed by atoms with Gasteiger partial charge in [0.05, 0.1) is 25.4 Å². The molecule has 0 bridgehead atoms. The summed E-state index contributed by atoms with van der Waals surface area (Å²) >= 11 is 0. The minimum absolute atomic E-state index is 0.0256. The second kappa shape index (κ2) is 15.2. The van der Waals surface area contributed by atoms with Gasteiger partial charge >= 0.3 is 6.09 Å². The van der Waals surface area contributed by atoms with Crippen LogP contribution in [-0.4, -0.2) is 83.1 Å². The van der Waals surface area contributed by atoms with E-state index < -0.39 is 5.60 Å². The molecule has 1 aliphatic heterocycles. The van der Waals surface area contributed by atoms with E-state index in [1.807, 2.05) is 34.0 Å². The van der Waals surface area contributed by atoms with Crippen LogP contribution in [0.1, 0.15) is 108 Å². The standard InChI is InChI=1S/C43H59N5O4/c1-29-22-34(16-21-40(29)51-6)31-12-10-30(11-13-31)25-47(38-9-7-8-33(23-38)35-24-44-48(26-35)37-19-20-37)41(49)32-14-17-36(18-15-32)46-27-39(28-46)45(5)42(50)52-43(2,3)4/h7-9,16,21-24,26,30-32,36-37,39H,10-15,17-20,25,27-28H2,1-6H3. The van der Waals surface area contributed by atoms with E-state index in [1.54, 1.807) is 12.0 Å². The number of likely N-dealkylation sites (N-methyl/N-ethyl adjacent to an activating group) is 1. The summed E-state index contributed by atoms with van der Waals surface area (Å²) in [5.41, 5.74) is 5.34. The molecule has 3 aliphatic carbocycles. The van der Waals surface area contributed by atoms with Crippen molar-refractivity contribution in [1.29, 1.82) is 0 Å². The van der Waals surface area contributed by atoms with Gasteiger partial charge in [0.25, 0.3) is 0 Å². The summed E-state index contributed by atoms with van der Waals surface area (Å²) in [6.45, 7) is 10.3. The molecule has 0 radical (unpaired) electrons. The van der Waals surface area contributed by atoms with Gasteiger partial charge in [-0.2, -0.15) is 5.10 Å². The average molecular weight is 710 g/mol. The van der Waals surface area contributed by atoms with E-state index >= 15 is 0 Å². The lowest BCUT2D eigenvalue weighted by Gasteiger charge is -2.49. The maximum Gasteiger partial charge on any atom is 0.410 e. The molecule has 0 unspecified atom stereocenters. The molecule has 9 nitrogen and oxygen atoms in total. The fourth-order valence-corrected chi connectivity index (χ4v) is 8.72. The Hall–Kier alpha value is -3.85. The van der Waals surface area contributed by atoms with Gasteiger partial charge in [-0.3, -0.25) is 14.4 Å². The number of aromatic nitrogens is 2. The quantitative estimate of drug-likeness (QED) is 0.210. The number of anilines is 1. The Morgan fingerprint density at radius 1 is 0.885 bits per heavy atom. The number of hydrogen-bond acceptors (Lipinski definition) is 6. The molecule has 7 rings (SSSR count). The van der Waals surface area contributed by atoms with Crippen LogP contribution < -0.4 is 9.64 Å². The smallest absolute Gasteiger partial charge is 0.410 e. The molecule has 3 aromatic rings. The van der Waals surface area contributed by atoms with Crippen molar-refractivity contribution in [3.8, 4) is 16.9 Å². The van der Waals surface area contributed by atoms with E-state index in [0.29, 0.717) is 23.9 Å². The number of nitrogens with zero attached hydrogens (tertiary/aromatic N) is 5. The number of likely N-dealkylation sites (tertiary alicyclic amines) is 1. The SMILES string of the molecule is COc1ccc(C2CCC(CN(C(=O)C3CCC(N4CC(N(C)C(=O)OC(C)(C)C)C4)CC3)c3cccc(-c4cnn(C5CC5)c4)c3)CC2)cc1C. The number of carbonyl (C=O) groups is 2. The first kappa shape index (κ1) is 36.5. The van der Waals surface area contributed by atoms with E-state index in [9.17, 15) is 9.59 Å². The van der Waals surface area contributed by atoms with Crippen LogP contribution in [0.5, 0.6) is 5.75 Å². The van der Waals surface area contributed by atoms with Gasteiger partial charge in [0.2, 0.25) is 5.91 Å². The van der Waals surface area contributed by atoms with Gasteiger partial charge in [-0.15, -0.1) is 0 Å². The average Bonchev–Trinajstić information content (AvgIpc) is 3.85. The third kappa shape index (κ3) is 8.35. The minimum Gasteiger partial charge on any atom is -0.496 e. The normalized spacial score (nSPS) is 24.2. The van der Waals surface area contributed by atoms with Crippen molar-refractivity contribution in [2.75, 3.05) is 38.7 Å². The van der Waals surface area contributed by atoms with Crippen LogP contribution in [0, 0.1) is 18.8 Å². The summed E-state index contributed by atoms with van der Waals surface area (Å²) in [5.74, 6) is 2.28. The topological polar surface area (TPSA) is 80.1 Å². The Balaban J connectivity index is 1.00. The van der Waals surface area contributed by atoms with Gasteiger partial charge in [0.1, 0.15) is 11.4 Å². The van der Waals surface area contributed by atoms with Crippen molar-refractivity contribution in [3.63, 3.8) is 0 Å². The van der Waals surface area contributed by atoms with Gasteiger partial charge in [-0.05, 0) is 139 Å². The number of methoxy groups -OCH3 is 1. The largest absolute Gasteiger partial charge is 0.496 e. The Bertz CT molecular complexity index is 1700. The highest BCUT2D eigenvalue weighted by Crippen LogP contribution is 2.40. The number of ether oxygens (including phenoxy) is 2.